The molecule has 14 heteroatoms. The van der Waals surface area contributed by atoms with Crippen molar-refractivity contribution in [3.05, 3.63) is 56.4 Å². The molecule has 10 nitrogen and oxygen atoms in total. The molecule has 1 amide bonds. The van der Waals surface area contributed by atoms with Crippen molar-refractivity contribution in [1.82, 2.24) is 10.4 Å². The van der Waals surface area contributed by atoms with Crippen molar-refractivity contribution in [1.29, 1.82) is 0 Å². The van der Waals surface area contributed by atoms with Crippen LogP contribution in [0.3, 0.4) is 0 Å². The number of nitrogens with one attached hydrogen (secondary N) is 2. The van der Waals surface area contributed by atoms with Crippen molar-refractivity contribution in [2.75, 3.05) is 64.6 Å². The van der Waals surface area contributed by atoms with Crippen LogP contribution in [0.15, 0.2) is 29.4 Å². The highest BCUT2D eigenvalue weighted by Crippen LogP contribution is 2.31. The zero-order chi connectivity index (χ0) is 27.5. The van der Waals surface area contributed by atoms with E-state index in [1.807, 2.05) is 33.0 Å². The van der Waals surface area contributed by atoms with Crippen LogP contribution in [0, 0.1) is 21.0 Å². The minimum absolute atomic E-state index is 0.00124. The van der Waals surface area contributed by atoms with Gasteiger partial charge in [-0.2, -0.15) is 0 Å². The number of hydroxylamine groups is 1. The lowest BCUT2D eigenvalue weighted by Crippen LogP contribution is -2.37. The lowest BCUT2D eigenvalue weighted by atomic mass is 10.00. The fourth-order valence-electron chi connectivity index (χ4n) is 3.56. The maximum atomic E-state index is 15.5. The van der Waals surface area contributed by atoms with Crippen LogP contribution >= 0.6 is 22.6 Å². The zero-order valence-electron chi connectivity index (χ0n) is 20.3. The van der Waals surface area contributed by atoms with Crippen LogP contribution in [0.2, 0.25) is 0 Å². The molecule has 0 unspecified atom stereocenters. The fourth-order valence-corrected chi connectivity index (χ4v) is 4.02. The van der Waals surface area contributed by atoms with Gasteiger partial charge in [0, 0.05) is 35.2 Å². The number of carbonyl (C=O) groups excluding carboxylic acids is 1. The number of morpholine rings is 1. The molecule has 38 heavy (non-hydrogen) atoms. The van der Waals surface area contributed by atoms with E-state index in [1.54, 1.807) is 6.07 Å². The number of benzene rings is 2. The quantitative estimate of drug-likeness (QED) is 0.113. The molecule has 0 atom stereocenters. The molecule has 1 fully saturated rings. The Morgan fingerprint density at radius 3 is 2.50 bits per heavy atom. The van der Waals surface area contributed by atoms with E-state index in [2.05, 4.69) is 10.5 Å². The van der Waals surface area contributed by atoms with Gasteiger partial charge in [0.15, 0.2) is 11.6 Å². The van der Waals surface area contributed by atoms with Gasteiger partial charge in [-0.05, 0) is 46.9 Å². The summed E-state index contributed by atoms with van der Waals surface area (Å²) in [6.45, 7) is 1.58. The molecule has 208 valence electrons. The van der Waals surface area contributed by atoms with Crippen LogP contribution < -0.4 is 10.8 Å². The lowest BCUT2D eigenvalue weighted by Gasteiger charge is -2.26. The number of hydrogen-bond acceptors (Lipinski definition) is 9. The molecule has 1 saturated heterocycles. The van der Waals surface area contributed by atoms with Gasteiger partial charge in [0.1, 0.15) is 12.4 Å². The van der Waals surface area contributed by atoms with E-state index in [9.17, 15) is 9.18 Å². The first-order chi connectivity index (χ1) is 18.3. The van der Waals surface area contributed by atoms with Gasteiger partial charge in [0.05, 0.1) is 55.7 Å². The molecule has 4 N–H and O–H groups in total. The molecule has 1 aliphatic heterocycles. The number of aliphatic hydroxyl groups excluding tert-OH is 2. The Hall–Kier alpha value is -2.50. The number of halogens is 4. The maximum Gasteiger partial charge on any atom is 0.277 e. The van der Waals surface area contributed by atoms with E-state index < -0.39 is 41.2 Å². The molecule has 1 heterocycles. The summed E-state index contributed by atoms with van der Waals surface area (Å²) < 4.78 is 51.4. The van der Waals surface area contributed by atoms with Crippen LogP contribution in [-0.4, -0.2) is 86.0 Å². The van der Waals surface area contributed by atoms with Gasteiger partial charge in [0.2, 0.25) is 0 Å². The Balaban J connectivity index is 2.03. The smallest absolute Gasteiger partial charge is 0.277 e. The molecule has 2 aromatic rings. The van der Waals surface area contributed by atoms with Gasteiger partial charge >= 0.3 is 0 Å². The first-order valence-electron chi connectivity index (χ1n) is 11.7. The van der Waals surface area contributed by atoms with Gasteiger partial charge < -0.3 is 25.1 Å². The zero-order valence-corrected chi connectivity index (χ0v) is 22.5. The number of amides is 1. The third-order valence-corrected chi connectivity index (χ3v) is 6.11. The number of carbonyl (C=O) groups is 1. The third-order valence-electron chi connectivity index (χ3n) is 5.44. The van der Waals surface area contributed by atoms with Crippen LogP contribution in [-0.2, 0) is 14.4 Å². The van der Waals surface area contributed by atoms with Gasteiger partial charge in [-0.3, -0.25) is 14.5 Å². The first kappa shape index (κ1) is 30.0. The SMILES string of the molecule is O=C(NOCCO)c1cc(/C(CCN2CCOCC2)=N/OCCO)c(F)c(F)c1Nc1ccc(I)cc1F. The average molecular weight is 652 g/mol. The fraction of sp³-hybridized carbons (Fsp3) is 0.417. The van der Waals surface area contributed by atoms with E-state index >= 15 is 8.78 Å². The van der Waals surface area contributed by atoms with E-state index in [0.29, 0.717) is 36.4 Å². The molecular weight excluding hydrogens is 624 g/mol. The van der Waals surface area contributed by atoms with E-state index in [-0.39, 0.29) is 43.2 Å². The molecule has 2 aromatic carbocycles. The number of nitrogens with zero attached hydrogens (tertiary/aromatic N) is 2. The lowest BCUT2D eigenvalue weighted by molar-refractivity contribution is 0.0168. The highest BCUT2D eigenvalue weighted by Gasteiger charge is 2.27. The normalized spacial score (nSPS) is 14.4. The summed E-state index contributed by atoms with van der Waals surface area (Å²) in [5.74, 6) is -4.50. The summed E-state index contributed by atoms with van der Waals surface area (Å²) in [7, 11) is 0. The van der Waals surface area contributed by atoms with Gasteiger partial charge in [-0.1, -0.05) is 5.16 Å². The highest BCUT2D eigenvalue weighted by molar-refractivity contribution is 14.1. The topological polar surface area (TPSA) is 125 Å². The Bertz CT molecular complexity index is 1130. The maximum absolute atomic E-state index is 15.5. The Labute approximate surface area is 230 Å². The van der Waals surface area contributed by atoms with Crippen LogP contribution in [0.25, 0.3) is 0 Å². The monoisotopic (exact) mass is 652 g/mol. The molecule has 0 spiro atoms. The molecule has 0 aromatic heterocycles. The van der Waals surface area contributed by atoms with E-state index in [0.717, 1.165) is 6.07 Å². The summed E-state index contributed by atoms with van der Waals surface area (Å²) in [6.07, 6.45) is 0.127. The number of ether oxygens (including phenoxy) is 1. The van der Waals surface area contributed by atoms with Gasteiger partial charge in [0.25, 0.3) is 5.91 Å². The van der Waals surface area contributed by atoms with Gasteiger partial charge in [-0.15, -0.1) is 0 Å². The molecule has 0 radical (unpaired) electrons. The van der Waals surface area contributed by atoms with E-state index in [4.69, 9.17) is 24.6 Å². The number of hydrogen-bond donors (Lipinski definition) is 4. The van der Waals surface area contributed by atoms with Crippen LogP contribution in [0.5, 0.6) is 0 Å². The average Bonchev–Trinajstić information content (AvgIpc) is 2.91. The van der Waals surface area contributed by atoms with Crippen molar-refractivity contribution < 1.29 is 42.6 Å². The molecule has 0 saturated carbocycles. The van der Waals surface area contributed by atoms with Crippen molar-refractivity contribution >= 4 is 45.6 Å². The predicted molar refractivity (Wildman–Crippen MR) is 141 cm³/mol. The van der Waals surface area contributed by atoms with Gasteiger partial charge in [-0.25, -0.2) is 18.7 Å². The third kappa shape index (κ3) is 8.25. The predicted octanol–water partition coefficient (Wildman–Crippen LogP) is 2.54. The molecular formula is C24H28F3IN4O6. The summed E-state index contributed by atoms with van der Waals surface area (Å²) in [4.78, 5) is 24.9. The van der Waals surface area contributed by atoms with Crippen molar-refractivity contribution in [3.63, 3.8) is 0 Å². The van der Waals surface area contributed by atoms with Crippen molar-refractivity contribution in [2.24, 2.45) is 5.16 Å². The first-order valence-corrected chi connectivity index (χ1v) is 12.8. The second-order valence-electron chi connectivity index (χ2n) is 8.03. The highest BCUT2D eigenvalue weighted by atomic mass is 127. The Kier molecular flexibility index (Phi) is 12.0. The van der Waals surface area contributed by atoms with Crippen LogP contribution in [0.1, 0.15) is 22.3 Å². The van der Waals surface area contributed by atoms with Crippen molar-refractivity contribution in [3.8, 4) is 0 Å². The minimum Gasteiger partial charge on any atom is -0.394 e. The van der Waals surface area contributed by atoms with Crippen LogP contribution in [0.4, 0.5) is 24.5 Å². The standard InChI is InChI=1S/C24H28F3IN4O6/c25-18-13-15(28)1-2-20(18)29-23-17(24(35)31-38-12-8-34)14-16(21(26)22(23)27)19(30-37-11-7-33)3-4-32-5-9-36-10-6-32/h1-2,13-14,29,33-34H,3-12H2,(H,31,35)/b30-19+. The number of anilines is 2. The Morgan fingerprint density at radius 1 is 1.08 bits per heavy atom. The second-order valence-corrected chi connectivity index (χ2v) is 9.27. The number of oxime groups is 1. The molecule has 0 bridgehead atoms. The largest absolute Gasteiger partial charge is 0.394 e. The Morgan fingerprint density at radius 2 is 1.82 bits per heavy atom. The van der Waals surface area contributed by atoms with Crippen molar-refractivity contribution in [2.45, 2.75) is 6.42 Å². The summed E-state index contributed by atoms with van der Waals surface area (Å²) in [6, 6.07) is 5.12. The molecule has 1 aliphatic rings. The molecule has 3 rings (SSSR count). The summed E-state index contributed by atoms with van der Waals surface area (Å²) in [5, 5.41) is 24.3. The number of aliphatic hydroxyl groups is 2. The minimum atomic E-state index is -1.45. The summed E-state index contributed by atoms with van der Waals surface area (Å²) in [5.41, 5.74) is 0.479. The molecule has 0 aliphatic carbocycles. The summed E-state index contributed by atoms with van der Waals surface area (Å²) >= 11 is 1.90. The second kappa shape index (κ2) is 15.2. The van der Waals surface area contributed by atoms with E-state index in [1.165, 1.54) is 12.1 Å². The number of rotatable bonds is 13.